The average molecular weight is 361 g/mol. The van der Waals surface area contributed by atoms with E-state index in [1.807, 2.05) is 6.92 Å². The second kappa shape index (κ2) is 7.86. The van der Waals surface area contributed by atoms with Gasteiger partial charge in [-0.3, -0.25) is 9.48 Å². The van der Waals surface area contributed by atoms with Gasteiger partial charge in [-0.2, -0.15) is 5.10 Å². The van der Waals surface area contributed by atoms with Gasteiger partial charge in [-0.05, 0) is 50.5 Å². The van der Waals surface area contributed by atoms with Crippen LogP contribution >= 0.6 is 0 Å². The van der Waals surface area contributed by atoms with Crippen molar-refractivity contribution >= 4 is 5.91 Å². The highest BCUT2D eigenvalue weighted by molar-refractivity contribution is 5.93. The van der Waals surface area contributed by atoms with Gasteiger partial charge in [0.25, 0.3) is 5.91 Å². The molecule has 0 bridgehead atoms. The zero-order valence-electron chi connectivity index (χ0n) is 14.9. The number of aromatic nitrogens is 2. The molecule has 2 aromatic rings. The van der Waals surface area contributed by atoms with E-state index in [9.17, 15) is 14.3 Å². The summed E-state index contributed by atoms with van der Waals surface area (Å²) in [6.45, 7) is 3.85. The molecule has 0 spiro atoms. The van der Waals surface area contributed by atoms with E-state index in [2.05, 4.69) is 5.10 Å². The van der Waals surface area contributed by atoms with Crippen LogP contribution in [0.2, 0.25) is 0 Å². The Morgan fingerprint density at radius 1 is 1.31 bits per heavy atom. The molecule has 1 atom stereocenters. The molecule has 1 aliphatic heterocycles. The molecule has 3 rings (SSSR count). The Morgan fingerprint density at radius 2 is 2.08 bits per heavy atom. The van der Waals surface area contributed by atoms with Gasteiger partial charge in [0, 0.05) is 25.8 Å². The van der Waals surface area contributed by atoms with Crippen LogP contribution in [-0.2, 0) is 6.54 Å². The van der Waals surface area contributed by atoms with E-state index < -0.39 is 5.60 Å². The monoisotopic (exact) mass is 361 g/mol. The highest BCUT2D eigenvalue weighted by Crippen LogP contribution is 2.25. The average Bonchev–Trinajstić information content (AvgIpc) is 3.04. The number of hydrogen-bond donors (Lipinski definition) is 1. The summed E-state index contributed by atoms with van der Waals surface area (Å²) in [6.07, 6.45) is 5.00. The largest absolute Gasteiger partial charge is 0.491 e. The number of carbonyl (C=O) groups excluding carboxylic acids is 1. The first-order chi connectivity index (χ1) is 12.5. The Bertz CT molecular complexity index is 747. The van der Waals surface area contributed by atoms with Crippen molar-refractivity contribution in [2.45, 2.75) is 38.3 Å². The third-order valence-electron chi connectivity index (χ3n) is 4.73. The van der Waals surface area contributed by atoms with Gasteiger partial charge in [0.05, 0.1) is 11.8 Å². The number of aryl methyl sites for hydroxylation is 1. The molecule has 0 aliphatic carbocycles. The van der Waals surface area contributed by atoms with Crippen LogP contribution in [0.4, 0.5) is 4.39 Å². The van der Waals surface area contributed by atoms with E-state index in [0.717, 1.165) is 0 Å². The maximum absolute atomic E-state index is 12.9. The molecule has 1 aliphatic rings. The van der Waals surface area contributed by atoms with Gasteiger partial charge in [-0.25, -0.2) is 4.39 Å². The lowest BCUT2D eigenvalue weighted by atomic mass is 9.96. The number of halogens is 1. The fourth-order valence-electron chi connectivity index (χ4n) is 3.10. The summed E-state index contributed by atoms with van der Waals surface area (Å²) in [5.41, 5.74) is -0.434. The van der Waals surface area contributed by atoms with Gasteiger partial charge in [-0.15, -0.1) is 0 Å². The van der Waals surface area contributed by atoms with Crippen LogP contribution in [0.1, 0.15) is 36.5 Å². The van der Waals surface area contributed by atoms with Gasteiger partial charge in [0.1, 0.15) is 23.8 Å². The number of aliphatic hydroxyl groups is 1. The number of nitrogens with zero attached hydrogens (tertiary/aromatic N) is 3. The summed E-state index contributed by atoms with van der Waals surface area (Å²) in [4.78, 5) is 14.4. The van der Waals surface area contributed by atoms with Crippen LogP contribution in [0.25, 0.3) is 0 Å². The lowest BCUT2D eigenvalue weighted by Crippen LogP contribution is -2.38. The van der Waals surface area contributed by atoms with Gasteiger partial charge in [-0.1, -0.05) is 0 Å². The minimum atomic E-state index is -1.00. The number of ether oxygens (including phenoxy) is 1. The predicted octanol–water partition coefficient (Wildman–Crippen LogP) is 2.48. The van der Waals surface area contributed by atoms with E-state index in [-0.39, 0.29) is 18.3 Å². The Morgan fingerprint density at radius 3 is 2.77 bits per heavy atom. The maximum atomic E-state index is 12.9. The molecule has 0 saturated carbocycles. The van der Waals surface area contributed by atoms with Crippen LogP contribution in [0, 0.1) is 5.82 Å². The quantitative estimate of drug-likeness (QED) is 0.888. The molecule has 1 fully saturated rings. The molecular formula is C19H24FN3O3. The van der Waals surface area contributed by atoms with Crippen molar-refractivity contribution in [2.75, 3.05) is 19.7 Å². The molecule has 1 unspecified atom stereocenters. The summed E-state index contributed by atoms with van der Waals surface area (Å²) in [5.74, 6) is 0.128. The second-order valence-corrected chi connectivity index (χ2v) is 6.70. The van der Waals surface area contributed by atoms with Gasteiger partial charge in [0.15, 0.2) is 0 Å². The predicted molar refractivity (Wildman–Crippen MR) is 94.5 cm³/mol. The Labute approximate surface area is 152 Å². The topological polar surface area (TPSA) is 67.6 Å². The Kier molecular flexibility index (Phi) is 5.56. The molecule has 1 aromatic heterocycles. The van der Waals surface area contributed by atoms with Crippen molar-refractivity contribution in [3.05, 3.63) is 48.0 Å². The van der Waals surface area contributed by atoms with Gasteiger partial charge >= 0.3 is 0 Å². The molecular weight excluding hydrogens is 337 g/mol. The molecule has 1 amide bonds. The number of likely N-dealkylation sites (tertiary alicyclic amines) is 1. The third-order valence-corrected chi connectivity index (χ3v) is 4.73. The summed E-state index contributed by atoms with van der Waals surface area (Å²) in [7, 11) is 0. The Hall–Kier alpha value is -2.41. The SMILES string of the molecule is CCn1cc(C(=O)N2CCCC(O)(COc3ccc(F)cc3)CC2)cn1. The molecule has 1 aromatic carbocycles. The standard InChI is InChI=1S/C19H24FN3O3/c1-2-23-13-15(12-21-23)18(24)22-10-3-8-19(25,9-11-22)14-26-17-6-4-16(20)5-7-17/h4-7,12-13,25H,2-3,8-11,14H2,1H3. The van der Waals surface area contributed by atoms with Crippen molar-refractivity contribution in [2.24, 2.45) is 0 Å². The van der Waals surface area contributed by atoms with E-state index >= 15 is 0 Å². The van der Waals surface area contributed by atoms with Crippen LogP contribution in [-0.4, -0.2) is 51.0 Å². The molecule has 6 nitrogen and oxygen atoms in total. The summed E-state index contributed by atoms with van der Waals surface area (Å²) in [6, 6.07) is 5.72. The van der Waals surface area contributed by atoms with Crippen molar-refractivity contribution in [3.8, 4) is 5.75 Å². The lowest BCUT2D eigenvalue weighted by Gasteiger charge is -2.27. The Balaban J connectivity index is 1.57. The third kappa shape index (κ3) is 4.40. The smallest absolute Gasteiger partial charge is 0.257 e. The van der Waals surface area contributed by atoms with Crippen LogP contribution in [0.15, 0.2) is 36.7 Å². The van der Waals surface area contributed by atoms with Gasteiger partial charge in [0.2, 0.25) is 0 Å². The number of hydrogen-bond acceptors (Lipinski definition) is 4. The lowest BCUT2D eigenvalue weighted by molar-refractivity contribution is -0.0163. The van der Waals surface area contributed by atoms with Gasteiger partial charge < -0.3 is 14.7 Å². The van der Waals surface area contributed by atoms with Crippen molar-refractivity contribution < 1.29 is 19.0 Å². The van der Waals surface area contributed by atoms with Crippen molar-refractivity contribution in [1.29, 1.82) is 0 Å². The molecule has 140 valence electrons. The molecule has 7 heteroatoms. The van der Waals surface area contributed by atoms with E-state index in [1.54, 1.807) is 22.0 Å². The number of rotatable bonds is 5. The first kappa shape index (κ1) is 18.4. The highest BCUT2D eigenvalue weighted by atomic mass is 19.1. The van der Waals surface area contributed by atoms with Crippen molar-refractivity contribution in [3.63, 3.8) is 0 Å². The van der Waals surface area contributed by atoms with Crippen molar-refractivity contribution in [1.82, 2.24) is 14.7 Å². The van der Waals surface area contributed by atoms with E-state index in [1.165, 1.54) is 24.3 Å². The zero-order valence-corrected chi connectivity index (χ0v) is 14.9. The summed E-state index contributed by atoms with van der Waals surface area (Å²) in [5, 5.41) is 15.0. The summed E-state index contributed by atoms with van der Waals surface area (Å²) < 4.78 is 20.3. The first-order valence-electron chi connectivity index (χ1n) is 8.91. The first-order valence-corrected chi connectivity index (χ1v) is 8.91. The van der Waals surface area contributed by atoms with Crippen LogP contribution in [0.3, 0.4) is 0 Å². The maximum Gasteiger partial charge on any atom is 0.257 e. The van der Waals surface area contributed by atoms with Crippen LogP contribution in [0.5, 0.6) is 5.75 Å². The molecule has 0 radical (unpaired) electrons. The molecule has 1 N–H and O–H groups in total. The zero-order chi connectivity index (χ0) is 18.6. The normalized spacial score (nSPS) is 20.7. The molecule has 1 saturated heterocycles. The molecule has 26 heavy (non-hydrogen) atoms. The highest BCUT2D eigenvalue weighted by Gasteiger charge is 2.32. The molecule has 2 heterocycles. The number of benzene rings is 1. The van der Waals surface area contributed by atoms with E-state index in [4.69, 9.17) is 4.74 Å². The number of carbonyl (C=O) groups is 1. The van der Waals surface area contributed by atoms with Crippen LogP contribution < -0.4 is 4.74 Å². The second-order valence-electron chi connectivity index (χ2n) is 6.70. The summed E-state index contributed by atoms with van der Waals surface area (Å²) >= 11 is 0. The minimum Gasteiger partial charge on any atom is -0.491 e. The fraction of sp³-hybridized carbons (Fsp3) is 0.474. The minimum absolute atomic E-state index is 0.0617. The number of amides is 1. The van der Waals surface area contributed by atoms with E-state index in [0.29, 0.717) is 50.2 Å². The fourth-order valence-corrected chi connectivity index (χ4v) is 3.10.